The lowest BCUT2D eigenvalue weighted by Crippen LogP contribution is -2.25. The Morgan fingerprint density at radius 3 is 2.94 bits per heavy atom. The number of anilines is 1. The highest BCUT2D eigenvalue weighted by Gasteiger charge is 2.26. The summed E-state index contributed by atoms with van der Waals surface area (Å²) in [5.41, 5.74) is 0.538. The van der Waals surface area contributed by atoms with Crippen LogP contribution in [0.2, 0.25) is 5.02 Å². The number of benzene rings is 1. The van der Waals surface area contributed by atoms with E-state index in [4.69, 9.17) is 11.6 Å². The number of hydrogen-bond acceptors (Lipinski definition) is 2. The lowest BCUT2D eigenvalue weighted by atomic mass is 10.1. The van der Waals surface area contributed by atoms with Gasteiger partial charge in [-0.2, -0.15) is 0 Å². The first-order valence-corrected chi connectivity index (χ1v) is 5.88. The monoisotopic (exact) mass is 256 g/mol. The number of amides is 1. The second kappa shape index (κ2) is 5.02. The lowest BCUT2D eigenvalue weighted by molar-refractivity contribution is -0.119. The highest BCUT2D eigenvalue weighted by atomic mass is 35.5. The first-order valence-electron chi connectivity index (χ1n) is 5.50. The minimum absolute atomic E-state index is 0.00354. The summed E-state index contributed by atoms with van der Waals surface area (Å²) >= 11 is 5.65. The Morgan fingerprint density at radius 2 is 2.35 bits per heavy atom. The summed E-state index contributed by atoms with van der Waals surface area (Å²) in [4.78, 5) is 14.0. The third-order valence-electron chi connectivity index (χ3n) is 2.95. The average Bonchev–Trinajstić information content (AvgIpc) is 2.70. The quantitative estimate of drug-likeness (QED) is 0.881. The summed E-state index contributed by atoms with van der Waals surface area (Å²) in [6.07, 6.45) is 0.858. The van der Waals surface area contributed by atoms with Gasteiger partial charge in [0.1, 0.15) is 5.82 Å². The number of hydrogen-bond donors (Lipinski definition) is 1. The van der Waals surface area contributed by atoms with Crippen molar-refractivity contribution in [1.82, 2.24) is 4.90 Å². The highest BCUT2D eigenvalue weighted by Crippen LogP contribution is 2.21. The molecule has 92 valence electrons. The van der Waals surface area contributed by atoms with Crippen molar-refractivity contribution in [2.24, 2.45) is 5.92 Å². The molecule has 1 atom stereocenters. The summed E-state index contributed by atoms with van der Waals surface area (Å²) in [7, 11) is 1.99. The zero-order chi connectivity index (χ0) is 12.4. The van der Waals surface area contributed by atoms with E-state index in [0.29, 0.717) is 5.69 Å². The Bertz CT molecular complexity index is 439. The molecule has 1 saturated heterocycles. The van der Waals surface area contributed by atoms with Crippen molar-refractivity contribution in [2.45, 2.75) is 6.42 Å². The smallest absolute Gasteiger partial charge is 0.228 e. The third kappa shape index (κ3) is 2.96. The van der Waals surface area contributed by atoms with E-state index in [1.165, 1.54) is 18.2 Å². The molecule has 0 aliphatic carbocycles. The average molecular weight is 257 g/mol. The maximum absolute atomic E-state index is 12.9. The molecule has 1 N–H and O–H groups in total. The molecule has 1 unspecified atom stereocenters. The van der Waals surface area contributed by atoms with Gasteiger partial charge in [0.25, 0.3) is 0 Å². The number of carbonyl (C=O) groups excluding carboxylic acids is 1. The summed E-state index contributed by atoms with van der Waals surface area (Å²) in [5.74, 6) is -0.508. The molecule has 0 saturated carbocycles. The van der Waals surface area contributed by atoms with Gasteiger partial charge in [0, 0.05) is 12.2 Å². The van der Waals surface area contributed by atoms with Crippen molar-refractivity contribution in [3.05, 3.63) is 29.0 Å². The normalized spacial score (nSPS) is 20.5. The molecule has 2 rings (SSSR count). The third-order valence-corrected chi connectivity index (χ3v) is 3.24. The highest BCUT2D eigenvalue weighted by molar-refractivity contribution is 6.31. The molecule has 0 spiro atoms. The minimum atomic E-state index is -0.481. The van der Waals surface area contributed by atoms with Crippen molar-refractivity contribution in [3.8, 4) is 0 Å². The molecule has 0 bridgehead atoms. The number of likely N-dealkylation sites (tertiary alicyclic amines) is 1. The Kier molecular flexibility index (Phi) is 3.64. The molecule has 0 radical (unpaired) electrons. The van der Waals surface area contributed by atoms with Crippen LogP contribution in [0.5, 0.6) is 0 Å². The van der Waals surface area contributed by atoms with E-state index in [1.807, 2.05) is 7.05 Å². The maximum atomic E-state index is 12.9. The fraction of sp³-hybridized carbons (Fsp3) is 0.417. The van der Waals surface area contributed by atoms with Crippen LogP contribution in [0.4, 0.5) is 10.1 Å². The number of nitrogens with zero attached hydrogens (tertiary/aromatic N) is 1. The number of nitrogens with one attached hydrogen (secondary N) is 1. The van der Waals surface area contributed by atoms with Crippen LogP contribution in [0.25, 0.3) is 0 Å². The van der Waals surface area contributed by atoms with Crippen molar-refractivity contribution in [1.29, 1.82) is 0 Å². The van der Waals surface area contributed by atoms with Crippen LogP contribution in [0, 0.1) is 11.7 Å². The van der Waals surface area contributed by atoms with Gasteiger partial charge >= 0.3 is 0 Å². The van der Waals surface area contributed by atoms with Crippen molar-refractivity contribution < 1.29 is 9.18 Å². The van der Waals surface area contributed by atoms with Gasteiger partial charge in [0.15, 0.2) is 0 Å². The van der Waals surface area contributed by atoms with E-state index in [0.717, 1.165) is 19.5 Å². The van der Waals surface area contributed by atoms with Gasteiger partial charge in [-0.3, -0.25) is 4.79 Å². The molecular weight excluding hydrogens is 243 g/mol. The summed E-state index contributed by atoms with van der Waals surface area (Å²) in [6, 6.07) is 4.18. The molecule has 0 aromatic heterocycles. The summed E-state index contributed by atoms with van der Waals surface area (Å²) < 4.78 is 12.9. The fourth-order valence-corrected chi connectivity index (χ4v) is 2.15. The summed E-state index contributed by atoms with van der Waals surface area (Å²) in [5, 5.41) is 2.78. The van der Waals surface area contributed by atoms with Crippen LogP contribution in [0.15, 0.2) is 18.2 Å². The Balaban J connectivity index is 2.00. The number of rotatable bonds is 2. The first kappa shape index (κ1) is 12.3. The summed E-state index contributed by atoms with van der Waals surface area (Å²) in [6.45, 7) is 1.70. The largest absolute Gasteiger partial charge is 0.326 e. The fourth-order valence-electron chi connectivity index (χ4n) is 1.97. The molecule has 1 heterocycles. The Labute approximate surface area is 105 Å². The molecule has 1 aromatic rings. The number of halogens is 2. The van der Waals surface area contributed by atoms with Crippen molar-refractivity contribution in [2.75, 3.05) is 25.5 Å². The maximum Gasteiger partial charge on any atom is 0.228 e. The van der Waals surface area contributed by atoms with E-state index < -0.39 is 5.82 Å². The first-order chi connectivity index (χ1) is 8.06. The van der Waals surface area contributed by atoms with Gasteiger partial charge in [-0.15, -0.1) is 0 Å². The molecule has 1 aliphatic rings. The second-order valence-electron chi connectivity index (χ2n) is 4.37. The van der Waals surface area contributed by atoms with E-state index >= 15 is 0 Å². The minimum Gasteiger partial charge on any atom is -0.326 e. The van der Waals surface area contributed by atoms with Crippen molar-refractivity contribution in [3.63, 3.8) is 0 Å². The zero-order valence-electron chi connectivity index (χ0n) is 9.54. The predicted molar refractivity (Wildman–Crippen MR) is 65.6 cm³/mol. The van der Waals surface area contributed by atoms with Gasteiger partial charge in [-0.25, -0.2) is 4.39 Å². The van der Waals surface area contributed by atoms with Crippen LogP contribution in [0.1, 0.15) is 6.42 Å². The molecule has 17 heavy (non-hydrogen) atoms. The Hall–Kier alpha value is -1.13. The SMILES string of the molecule is CN1CCC(C(=O)Nc2ccc(F)c(Cl)c2)C1. The lowest BCUT2D eigenvalue weighted by Gasteiger charge is -2.11. The van der Waals surface area contributed by atoms with Gasteiger partial charge in [0.2, 0.25) is 5.91 Å². The van der Waals surface area contributed by atoms with Gasteiger partial charge in [-0.05, 0) is 38.2 Å². The topological polar surface area (TPSA) is 32.3 Å². The Morgan fingerprint density at radius 1 is 1.59 bits per heavy atom. The zero-order valence-corrected chi connectivity index (χ0v) is 10.3. The number of carbonyl (C=O) groups is 1. The van der Waals surface area contributed by atoms with Gasteiger partial charge < -0.3 is 10.2 Å². The standard InChI is InChI=1S/C12H14ClFN2O/c1-16-5-4-8(7-16)12(17)15-9-2-3-11(14)10(13)6-9/h2-3,6,8H,4-5,7H2,1H3,(H,15,17). The molecule has 1 aromatic carbocycles. The molecule has 1 amide bonds. The van der Waals surface area contributed by atoms with E-state index in [2.05, 4.69) is 10.2 Å². The van der Waals surface area contributed by atoms with Crippen molar-refractivity contribution >= 4 is 23.2 Å². The van der Waals surface area contributed by atoms with E-state index in [9.17, 15) is 9.18 Å². The van der Waals surface area contributed by atoms with Crippen LogP contribution in [-0.2, 0) is 4.79 Å². The predicted octanol–water partition coefficient (Wildman–Crippen LogP) is 2.37. The molecule has 5 heteroatoms. The van der Waals surface area contributed by atoms with Crippen LogP contribution in [0.3, 0.4) is 0 Å². The second-order valence-corrected chi connectivity index (χ2v) is 4.77. The van der Waals surface area contributed by atoms with E-state index in [1.54, 1.807) is 0 Å². The molecule has 1 aliphatic heterocycles. The van der Waals surface area contributed by atoms with Gasteiger partial charge in [-0.1, -0.05) is 11.6 Å². The van der Waals surface area contributed by atoms with Crippen LogP contribution >= 0.6 is 11.6 Å². The van der Waals surface area contributed by atoms with Crippen LogP contribution < -0.4 is 5.32 Å². The van der Waals surface area contributed by atoms with E-state index in [-0.39, 0.29) is 16.8 Å². The van der Waals surface area contributed by atoms with Gasteiger partial charge in [0.05, 0.1) is 10.9 Å². The molecule has 1 fully saturated rings. The van der Waals surface area contributed by atoms with Crippen LogP contribution in [-0.4, -0.2) is 30.9 Å². The molecule has 3 nitrogen and oxygen atoms in total. The molecular formula is C12H14ClFN2O.